The van der Waals surface area contributed by atoms with Gasteiger partial charge in [0.2, 0.25) is 0 Å². The van der Waals surface area contributed by atoms with Crippen LogP contribution in [-0.2, 0) is 5.54 Å². The predicted molar refractivity (Wildman–Crippen MR) is 100 cm³/mol. The van der Waals surface area contributed by atoms with Gasteiger partial charge in [-0.1, -0.05) is 24.3 Å². The van der Waals surface area contributed by atoms with Crippen LogP contribution in [0.1, 0.15) is 40.7 Å². The largest absolute Gasteiger partial charge is 0.396 e. The summed E-state index contributed by atoms with van der Waals surface area (Å²) in [5.74, 6) is 0.116. The number of rotatable bonds is 5. The molecule has 2 aromatic carbocycles. The van der Waals surface area contributed by atoms with E-state index in [4.69, 9.17) is 0 Å². The molecule has 1 unspecified atom stereocenters. The van der Waals surface area contributed by atoms with Gasteiger partial charge in [-0.25, -0.2) is 0 Å². The Bertz CT molecular complexity index is 944. The zero-order valence-electron chi connectivity index (χ0n) is 14.3. The van der Waals surface area contributed by atoms with Gasteiger partial charge in [-0.15, -0.1) is 0 Å². The summed E-state index contributed by atoms with van der Waals surface area (Å²) in [5.41, 5.74) is 4.02. The van der Waals surface area contributed by atoms with Crippen molar-refractivity contribution in [1.29, 1.82) is 0 Å². The monoisotopic (exact) mass is 334 g/mol. The maximum Gasteiger partial charge on any atom is 0.194 e. The molecule has 3 aromatic rings. The molecule has 0 spiro atoms. The summed E-state index contributed by atoms with van der Waals surface area (Å²) in [5, 5.41) is 13.8. The third-order valence-corrected chi connectivity index (χ3v) is 5.16. The van der Waals surface area contributed by atoms with Gasteiger partial charge in [-0.2, -0.15) is 0 Å². The first kappa shape index (κ1) is 15.9. The van der Waals surface area contributed by atoms with Crippen LogP contribution in [0.4, 0.5) is 5.69 Å². The molecular formula is C21H22N2O2. The van der Waals surface area contributed by atoms with Crippen LogP contribution in [0, 0.1) is 6.92 Å². The zero-order valence-corrected chi connectivity index (χ0v) is 14.3. The number of Topliss-reactive ketones (excluding diaryl/α,β-unsaturated/α-hetero) is 1. The zero-order chi connectivity index (χ0) is 17.4. The minimum Gasteiger partial charge on any atom is -0.396 e. The lowest BCUT2D eigenvalue weighted by Gasteiger charge is -2.28. The summed E-state index contributed by atoms with van der Waals surface area (Å²) >= 11 is 0. The fraction of sp³-hybridized carbons (Fsp3) is 0.286. The highest BCUT2D eigenvalue weighted by Crippen LogP contribution is 2.45. The van der Waals surface area contributed by atoms with Crippen molar-refractivity contribution in [2.24, 2.45) is 0 Å². The average molecular weight is 334 g/mol. The van der Waals surface area contributed by atoms with E-state index in [1.807, 2.05) is 49.5 Å². The number of hydrogen-bond acceptors (Lipinski definition) is 3. The molecule has 0 amide bonds. The van der Waals surface area contributed by atoms with Gasteiger partial charge in [0.15, 0.2) is 5.78 Å². The number of fused-ring (bicyclic) bond motifs is 2. The first-order valence-corrected chi connectivity index (χ1v) is 8.77. The Morgan fingerprint density at radius 3 is 2.80 bits per heavy atom. The van der Waals surface area contributed by atoms with Crippen LogP contribution < -0.4 is 5.32 Å². The van der Waals surface area contributed by atoms with Crippen LogP contribution in [0.3, 0.4) is 0 Å². The Morgan fingerprint density at radius 2 is 1.96 bits per heavy atom. The van der Waals surface area contributed by atoms with Gasteiger partial charge in [-0.05, 0) is 49.9 Å². The number of aliphatic hydroxyl groups excluding tert-OH is 1. The maximum absolute atomic E-state index is 13.4. The number of ketones is 1. The van der Waals surface area contributed by atoms with Crippen molar-refractivity contribution in [3.8, 4) is 0 Å². The van der Waals surface area contributed by atoms with Gasteiger partial charge in [0.05, 0.1) is 0 Å². The molecule has 2 heterocycles. The lowest BCUT2D eigenvalue weighted by Crippen LogP contribution is -2.38. The quantitative estimate of drug-likeness (QED) is 0.614. The number of H-pyrrole nitrogens is 1. The van der Waals surface area contributed by atoms with Gasteiger partial charge >= 0.3 is 0 Å². The first-order valence-electron chi connectivity index (χ1n) is 8.77. The van der Waals surface area contributed by atoms with Gasteiger partial charge in [0, 0.05) is 40.5 Å². The second-order valence-corrected chi connectivity index (χ2v) is 6.84. The van der Waals surface area contributed by atoms with Crippen LogP contribution >= 0.6 is 0 Å². The molecule has 1 aliphatic rings. The van der Waals surface area contributed by atoms with Crippen molar-refractivity contribution in [2.45, 2.75) is 31.7 Å². The molecule has 4 rings (SSSR count). The SMILES string of the molecule is Cc1ccc2c(c1)NC(CCCCO)(c1c[nH]c3ccccc13)C2=O. The minimum atomic E-state index is -0.773. The van der Waals surface area contributed by atoms with Crippen LogP contribution in [0.25, 0.3) is 10.9 Å². The lowest BCUT2D eigenvalue weighted by molar-refractivity contribution is 0.0907. The van der Waals surface area contributed by atoms with Crippen LogP contribution in [0.2, 0.25) is 0 Å². The number of aliphatic hydroxyl groups is 1. The van der Waals surface area contributed by atoms with Crippen LogP contribution in [0.5, 0.6) is 0 Å². The average Bonchev–Trinajstić information content (AvgIpc) is 3.15. The molecule has 128 valence electrons. The number of unbranched alkanes of at least 4 members (excludes halogenated alkanes) is 1. The first-order chi connectivity index (χ1) is 12.2. The number of benzene rings is 2. The van der Waals surface area contributed by atoms with E-state index >= 15 is 0 Å². The topological polar surface area (TPSA) is 65.1 Å². The van der Waals surface area contributed by atoms with Crippen molar-refractivity contribution >= 4 is 22.4 Å². The fourth-order valence-corrected chi connectivity index (χ4v) is 3.90. The molecular weight excluding hydrogens is 312 g/mol. The number of nitrogens with one attached hydrogen (secondary N) is 2. The van der Waals surface area contributed by atoms with Crippen molar-refractivity contribution < 1.29 is 9.90 Å². The normalized spacial score (nSPS) is 19.2. The summed E-state index contributed by atoms with van der Waals surface area (Å²) in [4.78, 5) is 16.7. The second-order valence-electron chi connectivity index (χ2n) is 6.84. The molecule has 25 heavy (non-hydrogen) atoms. The van der Waals surface area contributed by atoms with Crippen LogP contribution in [-0.4, -0.2) is 22.5 Å². The molecule has 1 aliphatic heterocycles. The summed E-state index contributed by atoms with van der Waals surface area (Å²) in [6.07, 6.45) is 4.07. The Morgan fingerprint density at radius 1 is 1.12 bits per heavy atom. The van der Waals surface area contributed by atoms with Gasteiger partial charge in [-0.3, -0.25) is 4.79 Å². The molecule has 0 fully saturated rings. The second kappa shape index (κ2) is 6.05. The number of hydrogen-bond donors (Lipinski definition) is 3. The summed E-state index contributed by atoms with van der Waals surface area (Å²) in [6, 6.07) is 14.0. The number of aromatic amines is 1. The number of carbonyl (C=O) groups excluding carboxylic acids is 1. The highest BCUT2D eigenvalue weighted by Gasteiger charge is 2.47. The van der Waals surface area contributed by atoms with Gasteiger partial charge in [0.25, 0.3) is 0 Å². The molecule has 4 heteroatoms. The van der Waals surface area contributed by atoms with E-state index in [0.29, 0.717) is 12.8 Å². The van der Waals surface area contributed by atoms with Crippen molar-refractivity contribution in [1.82, 2.24) is 4.98 Å². The number of para-hydroxylation sites is 1. The Hall–Kier alpha value is -2.59. The Labute approximate surface area is 146 Å². The number of aryl methyl sites for hydroxylation is 1. The summed E-state index contributed by atoms with van der Waals surface area (Å²) in [7, 11) is 0. The van der Waals surface area contributed by atoms with E-state index in [0.717, 1.165) is 39.7 Å². The predicted octanol–water partition coefficient (Wildman–Crippen LogP) is 4.14. The van der Waals surface area contributed by atoms with E-state index in [1.165, 1.54) is 0 Å². The van der Waals surface area contributed by atoms with E-state index in [9.17, 15) is 9.90 Å². The maximum atomic E-state index is 13.4. The Balaban J connectivity index is 1.86. The van der Waals surface area contributed by atoms with E-state index in [2.05, 4.69) is 16.4 Å². The minimum absolute atomic E-state index is 0.116. The third kappa shape index (κ3) is 2.45. The van der Waals surface area contributed by atoms with Crippen molar-refractivity contribution in [2.75, 3.05) is 11.9 Å². The molecule has 0 saturated carbocycles. The molecule has 0 radical (unpaired) electrons. The van der Waals surface area contributed by atoms with E-state index in [-0.39, 0.29) is 12.4 Å². The van der Waals surface area contributed by atoms with Gasteiger partial charge in [0.1, 0.15) is 5.54 Å². The number of carbonyl (C=O) groups is 1. The van der Waals surface area contributed by atoms with E-state index in [1.54, 1.807) is 0 Å². The number of aromatic nitrogens is 1. The van der Waals surface area contributed by atoms with Crippen LogP contribution in [0.15, 0.2) is 48.7 Å². The molecule has 4 nitrogen and oxygen atoms in total. The standard InChI is InChI=1S/C21H22N2O2/c1-14-8-9-16-19(12-14)23-21(20(16)25,10-4-5-11-24)17-13-22-18-7-3-2-6-15(17)18/h2-3,6-9,12-13,22-24H,4-5,10-11H2,1H3. The fourth-order valence-electron chi connectivity index (χ4n) is 3.90. The van der Waals surface area contributed by atoms with Gasteiger partial charge < -0.3 is 15.4 Å². The third-order valence-electron chi connectivity index (χ3n) is 5.16. The molecule has 1 atom stereocenters. The van der Waals surface area contributed by atoms with E-state index < -0.39 is 5.54 Å². The molecule has 0 saturated heterocycles. The Kier molecular flexibility index (Phi) is 3.85. The highest BCUT2D eigenvalue weighted by molar-refractivity contribution is 6.15. The summed E-state index contributed by atoms with van der Waals surface area (Å²) < 4.78 is 0. The number of anilines is 1. The lowest BCUT2D eigenvalue weighted by atomic mass is 9.81. The molecule has 1 aromatic heterocycles. The van der Waals surface area contributed by atoms with Crippen molar-refractivity contribution in [3.63, 3.8) is 0 Å². The summed E-state index contributed by atoms with van der Waals surface area (Å²) in [6.45, 7) is 2.17. The molecule has 0 bridgehead atoms. The smallest absolute Gasteiger partial charge is 0.194 e. The van der Waals surface area contributed by atoms with Crippen molar-refractivity contribution in [3.05, 3.63) is 65.4 Å². The molecule has 3 N–H and O–H groups in total. The molecule has 0 aliphatic carbocycles. The highest BCUT2D eigenvalue weighted by atomic mass is 16.2.